The number of carbonyl (C=O) groups excluding carboxylic acids is 1. The molecule has 0 saturated heterocycles. The molecule has 0 aliphatic carbocycles. The van der Waals surface area contributed by atoms with E-state index in [2.05, 4.69) is 9.88 Å². The van der Waals surface area contributed by atoms with Crippen LogP contribution in [-0.2, 0) is 14.7 Å². The van der Waals surface area contributed by atoms with Crippen LogP contribution in [0.1, 0.15) is 0 Å². The highest BCUT2D eigenvalue weighted by molar-refractivity contribution is 5.90. The molecule has 0 atom stereocenters. The van der Waals surface area contributed by atoms with Crippen molar-refractivity contribution in [2.75, 3.05) is 0 Å². The van der Waals surface area contributed by atoms with Crippen molar-refractivity contribution >= 4 is 5.91 Å². The Balaban J connectivity index is 2.67. The van der Waals surface area contributed by atoms with E-state index in [1.807, 2.05) is 0 Å². The van der Waals surface area contributed by atoms with Crippen molar-refractivity contribution in [1.29, 1.82) is 0 Å². The van der Waals surface area contributed by atoms with E-state index in [0.717, 1.165) is 6.26 Å². The van der Waals surface area contributed by atoms with Gasteiger partial charge in [-0.25, -0.2) is 0 Å². The average Bonchev–Trinajstić information content (AvgIpc) is 1.77. The van der Waals surface area contributed by atoms with Crippen molar-refractivity contribution in [2.45, 2.75) is 0 Å². The Morgan fingerprint density at radius 3 is 2.88 bits per heavy atom. The van der Waals surface area contributed by atoms with Gasteiger partial charge in [0.1, 0.15) is 0 Å². The van der Waals surface area contributed by atoms with Gasteiger partial charge in [-0.3, -0.25) is 4.79 Å². The molecule has 1 aliphatic rings. The Hall–Kier alpha value is -1.23. The van der Waals surface area contributed by atoms with E-state index in [9.17, 15) is 4.79 Å². The van der Waals surface area contributed by atoms with E-state index in [1.54, 1.807) is 5.48 Å². The van der Waals surface area contributed by atoms with Gasteiger partial charge in [-0.1, -0.05) is 4.99 Å². The predicted octanol–water partition coefficient (Wildman–Crippen LogP) is -0.621. The SMILES string of the molecule is O=C1NOOC=C1O. The third-order valence-corrected chi connectivity index (χ3v) is 0.575. The number of carbonyl (C=O) groups is 1. The molecule has 1 aliphatic heterocycles. The second kappa shape index (κ2) is 1.71. The zero-order chi connectivity index (χ0) is 5.98. The van der Waals surface area contributed by atoms with Gasteiger partial charge in [0.2, 0.25) is 5.76 Å². The molecule has 0 radical (unpaired) electrons. The highest BCUT2D eigenvalue weighted by Gasteiger charge is 2.12. The maximum atomic E-state index is 10.2. The van der Waals surface area contributed by atoms with Crippen LogP contribution in [0.25, 0.3) is 0 Å². The number of amides is 1. The summed E-state index contributed by atoms with van der Waals surface area (Å²) < 4.78 is 0. The quantitative estimate of drug-likeness (QED) is 0.415. The standard InChI is InChI=1S/C3H3NO4/c5-2-1-7-8-4-3(2)6/h1,5H,(H,4,6). The van der Waals surface area contributed by atoms with E-state index in [1.165, 1.54) is 0 Å². The molecule has 0 aromatic rings. The molecule has 0 bridgehead atoms. The second-order valence-corrected chi connectivity index (χ2v) is 1.11. The minimum absolute atomic E-state index is 0.503. The van der Waals surface area contributed by atoms with Crippen molar-refractivity contribution in [1.82, 2.24) is 5.48 Å². The summed E-state index contributed by atoms with van der Waals surface area (Å²) in [6.45, 7) is 0. The fourth-order valence-corrected chi connectivity index (χ4v) is 0.237. The van der Waals surface area contributed by atoms with Crippen molar-refractivity contribution in [2.24, 2.45) is 0 Å². The fourth-order valence-electron chi connectivity index (χ4n) is 0.237. The number of aliphatic hydroxyl groups excluding tert-OH is 1. The van der Waals surface area contributed by atoms with Gasteiger partial charge in [-0.05, 0) is 0 Å². The average molecular weight is 117 g/mol. The number of aliphatic hydroxyl groups is 1. The molecule has 8 heavy (non-hydrogen) atoms. The molecule has 0 unspecified atom stereocenters. The lowest BCUT2D eigenvalue weighted by Gasteiger charge is -2.05. The maximum absolute atomic E-state index is 10.2. The van der Waals surface area contributed by atoms with Crippen molar-refractivity contribution < 1.29 is 19.8 Å². The summed E-state index contributed by atoms with van der Waals surface area (Å²) in [5.74, 6) is -1.22. The first-order valence-corrected chi connectivity index (χ1v) is 1.82. The Morgan fingerprint density at radius 1 is 1.75 bits per heavy atom. The van der Waals surface area contributed by atoms with Crippen LogP contribution in [0.2, 0.25) is 0 Å². The summed E-state index contributed by atoms with van der Waals surface area (Å²) in [6, 6.07) is 0. The molecular weight excluding hydrogens is 114 g/mol. The number of hydrogen-bond donors (Lipinski definition) is 2. The van der Waals surface area contributed by atoms with E-state index >= 15 is 0 Å². The van der Waals surface area contributed by atoms with Crippen molar-refractivity contribution in [3.63, 3.8) is 0 Å². The second-order valence-electron chi connectivity index (χ2n) is 1.11. The molecule has 0 aromatic carbocycles. The Morgan fingerprint density at radius 2 is 2.50 bits per heavy atom. The molecule has 44 valence electrons. The smallest absolute Gasteiger partial charge is 0.316 e. The molecule has 0 aromatic heterocycles. The normalized spacial score (nSPS) is 18.5. The Labute approximate surface area is 44.4 Å². The highest BCUT2D eigenvalue weighted by atomic mass is 17.3. The summed E-state index contributed by atoms with van der Waals surface area (Å²) in [5, 5.41) is 8.42. The first kappa shape index (κ1) is 4.92. The van der Waals surface area contributed by atoms with Crippen LogP contribution in [0.5, 0.6) is 0 Å². The van der Waals surface area contributed by atoms with Crippen LogP contribution in [0.15, 0.2) is 12.0 Å². The monoisotopic (exact) mass is 117 g/mol. The van der Waals surface area contributed by atoms with Gasteiger partial charge in [0.15, 0.2) is 6.26 Å². The topological polar surface area (TPSA) is 67.8 Å². The van der Waals surface area contributed by atoms with Gasteiger partial charge in [0.05, 0.1) is 0 Å². The molecule has 0 saturated carbocycles. The third-order valence-electron chi connectivity index (χ3n) is 0.575. The highest BCUT2D eigenvalue weighted by Crippen LogP contribution is 1.94. The summed E-state index contributed by atoms with van der Waals surface area (Å²) in [6.07, 6.45) is 0.791. The largest absolute Gasteiger partial charge is 0.501 e. The number of rotatable bonds is 0. The van der Waals surface area contributed by atoms with Crippen molar-refractivity contribution in [3.8, 4) is 0 Å². The van der Waals surface area contributed by atoms with Crippen LogP contribution >= 0.6 is 0 Å². The van der Waals surface area contributed by atoms with Gasteiger partial charge in [0, 0.05) is 0 Å². The lowest BCUT2D eigenvalue weighted by molar-refractivity contribution is -0.297. The fraction of sp³-hybridized carbons (Fsp3) is 0. The molecule has 1 rings (SSSR count). The Bertz CT molecular complexity index is 140. The summed E-state index contributed by atoms with van der Waals surface area (Å²) in [7, 11) is 0. The lowest BCUT2D eigenvalue weighted by Crippen LogP contribution is -2.28. The summed E-state index contributed by atoms with van der Waals surface area (Å²) in [5.41, 5.74) is 1.75. The minimum atomic E-state index is -0.712. The first-order chi connectivity index (χ1) is 3.80. The van der Waals surface area contributed by atoms with Gasteiger partial charge in [-0.2, -0.15) is 5.48 Å². The van der Waals surface area contributed by atoms with E-state index < -0.39 is 11.7 Å². The van der Waals surface area contributed by atoms with Gasteiger partial charge in [0.25, 0.3) is 0 Å². The molecule has 5 heteroatoms. The zero-order valence-corrected chi connectivity index (χ0v) is 3.75. The maximum Gasteiger partial charge on any atom is 0.316 e. The number of hydroxylamine groups is 1. The summed E-state index contributed by atoms with van der Waals surface area (Å²) in [4.78, 5) is 18.1. The molecule has 1 amide bonds. The van der Waals surface area contributed by atoms with Gasteiger partial charge < -0.3 is 9.99 Å². The molecule has 0 fully saturated rings. The van der Waals surface area contributed by atoms with Gasteiger partial charge in [-0.15, -0.1) is 0 Å². The minimum Gasteiger partial charge on any atom is -0.501 e. The predicted molar refractivity (Wildman–Crippen MR) is 21.0 cm³/mol. The van der Waals surface area contributed by atoms with Crippen LogP contribution in [0.4, 0.5) is 0 Å². The van der Waals surface area contributed by atoms with Crippen LogP contribution in [-0.4, -0.2) is 11.0 Å². The molecule has 1 heterocycles. The van der Waals surface area contributed by atoms with Crippen LogP contribution < -0.4 is 5.48 Å². The van der Waals surface area contributed by atoms with Crippen molar-refractivity contribution in [3.05, 3.63) is 12.0 Å². The molecule has 0 spiro atoms. The third kappa shape index (κ3) is 0.710. The zero-order valence-electron chi connectivity index (χ0n) is 3.75. The van der Waals surface area contributed by atoms with E-state index in [4.69, 9.17) is 5.11 Å². The van der Waals surface area contributed by atoms with E-state index in [0.29, 0.717) is 0 Å². The van der Waals surface area contributed by atoms with Crippen LogP contribution in [0.3, 0.4) is 0 Å². The molecular formula is C3H3NO4. The van der Waals surface area contributed by atoms with Gasteiger partial charge >= 0.3 is 5.91 Å². The Kier molecular flexibility index (Phi) is 1.05. The molecule has 2 N–H and O–H groups in total. The first-order valence-electron chi connectivity index (χ1n) is 1.82. The number of nitrogens with one attached hydrogen (secondary N) is 1. The molecule has 5 nitrogen and oxygen atoms in total. The lowest BCUT2D eigenvalue weighted by atomic mass is 10.5. The summed E-state index contributed by atoms with van der Waals surface area (Å²) >= 11 is 0. The van der Waals surface area contributed by atoms with Crippen LogP contribution in [0, 0.1) is 0 Å². The van der Waals surface area contributed by atoms with E-state index in [-0.39, 0.29) is 0 Å². The number of hydrogen-bond acceptors (Lipinski definition) is 4.